The van der Waals surface area contributed by atoms with E-state index in [9.17, 15) is 28.8 Å². The van der Waals surface area contributed by atoms with Crippen molar-refractivity contribution in [2.45, 2.75) is 132 Å². The molecule has 0 aliphatic carbocycles. The van der Waals surface area contributed by atoms with Crippen LogP contribution in [0.3, 0.4) is 0 Å². The largest absolute Gasteiger partial charge is 0.450 e. The molecular formula is C35H61N3O9. The topological polar surface area (TPSA) is 140 Å². The summed E-state index contributed by atoms with van der Waals surface area (Å²) in [4.78, 5) is 87.2. The number of ether oxygens (including phenoxy) is 3. The van der Waals surface area contributed by atoms with E-state index in [1.807, 2.05) is 20.8 Å². The maximum absolute atomic E-state index is 14.0. The minimum Gasteiger partial charge on any atom is -0.450 e. The van der Waals surface area contributed by atoms with Gasteiger partial charge in [0.15, 0.2) is 18.3 Å². The number of nitrogens with zero attached hydrogens (tertiary/aromatic N) is 3. The number of esters is 3. The Bertz CT molecular complexity index is 1120. The standard InChI is InChI=1S/C35H61N3O9/c1-16-23(12)26-35(44)47-29(22(10)11)31(40)37(14)25(19(4)5)34(43)46-27(20(6)7)30(39)36(13)24(17-18(2)3)33(42)45-28(21(8)9)32(41)38(26)15/h18-29H,16-17H2,1-15H3/t23?,24-,25-,26-,27+,28+,29+/m0/s1. The van der Waals surface area contributed by atoms with Crippen LogP contribution < -0.4 is 0 Å². The number of likely N-dealkylation sites (N-methyl/N-ethyl adjacent to an activating group) is 3. The summed E-state index contributed by atoms with van der Waals surface area (Å²) in [5.74, 6) is -6.48. The summed E-state index contributed by atoms with van der Waals surface area (Å²) in [6, 6.07) is -3.30. The van der Waals surface area contributed by atoms with Gasteiger partial charge in [0.05, 0.1) is 0 Å². The Morgan fingerprint density at radius 1 is 0.511 bits per heavy atom. The number of carbonyl (C=O) groups excluding carboxylic acids is 6. The van der Waals surface area contributed by atoms with Gasteiger partial charge in [-0.1, -0.05) is 89.5 Å². The molecule has 1 rings (SSSR count). The molecule has 1 aliphatic heterocycles. The molecule has 0 bridgehead atoms. The van der Waals surface area contributed by atoms with Gasteiger partial charge in [0.25, 0.3) is 17.7 Å². The summed E-state index contributed by atoms with van der Waals surface area (Å²) in [7, 11) is 4.35. The van der Waals surface area contributed by atoms with Gasteiger partial charge >= 0.3 is 17.9 Å². The number of hydrogen-bond acceptors (Lipinski definition) is 9. The van der Waals surface area contributed by atoms with Gasteiger partial charge < -0.3 is 28.9 Å². The molecule has 0 spiro atoms. The molecular weight excluding hydrogens is 606 g/mol. The Balaban J connectivity index is 3.98. The van der Waals surface area contributed by atoms with Crippen LogP contribution in [0.1, 0.15) is 95.9 Å². The number of cyclic esters (lactones) is 3. The highest BCUT2D eigenvalue weighted by Gasteiger charge is 2.45. The van der Waals surface area contributed by atoms with Crippen LogP contribution in [-0.4, -0.2) is 108 Å². The molecule has 1 unspecified atom stereocenters. The van der Waals surface area contributed by atoms with E-state index in [1.165, 1.54) is 35.8 Å². The van der Waals surface area contributed by atoms with E-state index in [0.717, 1.165) is 0 Å². The number of amides is 3. The van der Waals surface area contributed by atoms with Crippen molar-refractivity contribution >= 4 is 35.6 Å². The van der Waals surface area contributed by atoms with Crippen molar-refractivity contribution in [1.82, 2.24) is 14.7 Å². The molecule has 3 amide bonds. The highest BCUT2D eigenvalue weighted by molar-refractivity contribution is 5.94. The Morgan fingerprint density at radius 3 is 1.19 bits per heavy atom. The number of rotatable bonds is 8. The minimum absolute atomic E-state index is 0.0416. The summed E-state index contributed by atoms with van der Waals surface area (Å²) in [5, 5.41) is 0. The fourth-order valence-electron chi connectivity index (χ4n) is 5.77. The van der Waals surface area contributed by atoms with Crippen molar-refractivity contribution in [1.29, 1.82) is 0 Å². The SMILES string of the molecule is CCC(C)[C@H]1C(=O)O[C@H](C(C)C)C(=O)N(C)[C@@H](C(C)C)C(=O)O[C@H](C(C)C)C(=O)N(C)[C@@H](CC(C)C)C(=O)O[C@H](C(C)C)C(=O)N1C. The van der Waals surface area contributed by atoms with E-state index in [4.69, 9.17) is 14.2 Å². The monoisotopic (exact) mass is 667 g/mol. The number of hydrogen-bond donors (Lipinski definition) is 0. The maximum Gasteiger partial charge on any atom is 0.329 e. The Morgan fingerprint density at radius 2 is 0.851 bits per heavy atom. The zero-order valence-corrected chi connectivity index (χ0v) is 31.4. The van der Waals surface area contributed by atoms with Gasteiger partial charge in [-0.3, -0.25) is 14.4 Å². The quantitative estimate of drug-likeness (QED) is 0.278. The lowest BCUT2D eigenvalue weighted by molar-refractivity contribution is -0.181. The third-order valence-corrected chi connectivity index (χ3v) is 8.89. The first kappa shape index (κ1) is 41.8. The second-order valence-corrected chi connectivity index (χ2v) is 14.8. The minimum atomic E-state index is -1.28. The maximum atomic E-state index is 14.0. The van der Waals surface area contributed by atoms with E-state index < -0.39 is 95.7 Å². The van der Waals surface area contributed by atoms with Gasteiger partial charge in [-0.05, 0) is 41.9 Å². The van der Waals surface area contributed by atoms with Crippen LogP contribution in [0.2, 0.25) is 0 Å². The lowest BCUT2D eigenvalue weighted by Gasteiger charge is -2.38. The first-order chi connectivity index (χ1) is 21.6. The molecule has 1 saturated heterocycles. The molecule has 0 radical (unpaired) electrons. The molecule has 12 nitrogen and oxygen atoms in total. The third kappa shape index (κ3) is 10.4. The highest BCUT2D eigenvalue weighted by atomic mass is 16.6. The van der Waals surface area contributed by atoms with Gasteiger partial charge in [-0.15, -0.1) is 0 Å². The van der Waals surface area contributed by atoms with Crippen molar-refractivity contribution in [2.75, 3.05) is 21.1 Å². The molecule has 1 aliphatic rings. The van der Waals surface area contributed by atoms with Crippen LogP contribution in [0.25, 0.3) is 0 Å². The van der Waals surface area contributed by atoms with Gasteiger partial charge in [0, 0.05) is 21.1 Å². The predicted molar refractivity (Wildman–Crippen MR) is 178 cm³/mol. The van der Waals surface area contributed by atoms with Gasteiger partial charge in [0.2, 0.25) is 0 Å². The van der Waals surface area contributed by atoms with Gasteiger partial charge in [0.1, 0.15) is 18.1 Å². The molecule has 0 aromatic rings. The van der Waals surface area contributed by atoms with Crippen LogP contribution >= 0.6 is 0 Å². The van der Waals surface area contributed by atoms with E-state index in [-0.39, 0.29) is 18.3 Å². The Labute approximate surface area is 282 Å². The lowest BCUT2D eigenvalue weighted by Crippen LogP contribution is -2.57. The van der Waals surface area contributed by atoms with Crippen LogP contribution in [-0.2, 0) is 43.0 Å². The number of carbonyl (C=O) groups is 6. The molecule has 7 atom stereocenters. The molecule has 0 aromatic heterocycles. The predicted octanol–water partition coefficient (Wildman–Crippen LogP) is 3.93. The van der Waals surface area contributed by atoms with E-state index in [1.54, 1.807) is 62.3 Å². The van der Waals surface area contributed by atoms with Gasteiger partial charge in [-0.25, -0.2) is 14.4 Å². The van der Waals surface area contributed by atoms with Crippen molar-refractivity contribution in [3.63, 3.8) is 0 Å². The van der Waals surface area contributed by atoms with Crippen molar-refractivity contribution < 1.29 is 43.0 Å². The van der Waals surface area contributed by atoms with Crippen molar-refractivity contribution in [2.24, 2.45) is 35.5 Å². The van der Waals surface area contributed by atoms with E-state index in [0.29, 0.717) is 6.42 Å². The molecule has 1 fully saturated rings. The molecule has 0 aromatic carbocycles. The van der Waals surface area contributed by atoms with Crippen LogP contribution in [0.15, 0.2) is 0 Å². The van der Waals surface area contributed by atoms with Gasteiger partial charge in [-0.2, -0.15) is 0 Å². The van der Waals surface area contributed by atoms with Crippen LogP contribution in [0, 0.1) is 35.5 Å². The fourth-order valence-corrected chi connectivity index (χ4v) is 5.77. The Hall–Kier alpha value is -3.18. The fraction of sp³-hybridized carbons (Fsp3) is 0.829. The molecule has 0 saturated carbocycles. The summed E-state index contributed by atoms with van der Waals surface area (Å²) in [5.41, 5.74) is 0. The van der Waals surface area contributed by atoms with Crippen molar-refractivity contribution in [3.8, 4) is 0 Å². The smallest absolute Gasteiger partial charge is 0.329 e. The Kier molecular flexibility index (Phi) is 15.9. The van der Waals surface area contributed by atoms with E-state index in [2.05, 4.69) is 0 Å². The van der Waals surface area contributed by atoms with E-state index >= 15 is 0 Å². The average Bonchev–Trinajstić information content (AvgIpc) is 2.97. The zero-order chi connectivity index (χ0) is 36.7. The van der Waals surface area contributed by atoms with Crippen LogP contribution in [0.5, 0.6) is 0 Å². The molecule has 47 heavy (non-hydrogen) atoms. The highest BCUT2D eigenvalue weighted by Crippen LogP contribution is 2.26. The van der Waals surface area contributed by atoms with Crippen LogP contribution in [0.4, 0.5) is 0 Å². The molecule has 12 heteroatoms. The summed E-state index contributed by atoms with van der Waals surface area (Å²) in [6.07, 6.45) is -3.10. The normalized spacial score (nSPS) is 27.4. The molecule has 1 heterocycles. The zero-order valence-electron chi connectivity index (χ0n) is 31.4. The lowest BCUT2D eigenvalue weighted by atomic mass is 9.95. The van der Waals surface area contributed by atoms with Crippen molar-refractivity contribution in [3.05, 3.63) is 0 Å². The molecule has 0 N–H and O–H groups in total. The second kappa shape index (κ2) is 17.8. The summed E-state index contributed by atoms with van der Waals surface area (Å²) in [6.45, 7) is 21.3. The molecule has 270 valence electrons. The summed E-state index contributed by atoms with van der Waals surface area (Å²) >= 11 is 0. The average molecular weight is 668 g/mol. The third-order valence-electron chi connectivity index (χ3n) is 8.89. The first-order valence-electron chi connectivity index (χ1n) is 17.0. The first-order valence-corrected chi connectivity index (χ1v) is 17.0. The summed E-state index contributed by atoms with van der Waals surface area (Å²) < 4.78 is 17.6. The second-order valence-electron chi connectivity index (χ2n) is 14.8.